The van der Waals surface area contributed by atoms with Gasteiger partial charge in [-0.25, -0.2) is 0 Å². The smallest absolute Gasteiger partial charge is 0.0206 e. The maximum absolute atomic E-state index is 5.75. The predicted molar refractivity (Wildman–Crippen MR) is 38.0 cm³/mol. The van der Waals surface area contributed by atoms with Gasteiger partial charge >= 0.3 is 0 Å². The van der Waals surface area contributed by atoms with Crippen molar-refractivity contribution in [1.29, 1.82) is 0 Å². The van der Waals surface area contributed by atoms with Gasteiger partial charge in [0, 0.05) is 12.6 Å². The van der Waals surface area contributed by atoms with Crippen molar-refractivity contribution < 1.29 is 0 Å². The zero-order valence-corrected chi connectivity index (χ0v) is 5.64. The van der Waals surface area contributed by atoms with Crippen molar-refractivity contribution in [1.82, 2.24) is 5.32 Å². The molecule has 9 heavy (non-hydrogen) atoms. The Bertz CT molecular complexity index is 84.4. The lowest BCUT2D eigenvalue weighted by atomic mass is 9.94. The van der Waals surface area contributed by atoms with Gasteiger partial charge in [-0.05, 0) is 25.4 Å². The van der Waals surface area contributed by atoms with Crippen LogP contribution in [0.2, 0.25) is 0 Å². The highest BCUT2D eigenvalue weighted by Gasteiger charge is 2.18. The summed E-state index contributed by atoms with van der Waals surface area (Å²) in [6.07, 6.45) is 1.14. The Morgan fingerprint density at radius 1 is 1.56 bits per heavy atom. The van der Waals surface area contributed by atoms with E-state index in [-0.39, 0.29) is 6.04 Å². The fourth-order valence-corrected chi connectivity index (χ4v) is 1.23. The second-order valence-corrected chi connectivity index (χ2v) is 2.65. The number of nitrogens with one attached hydrogen (secondary N) is 1. The summed E-state index contributed by atoms with van der Waals surface area (Å²) < 4.78 is 0. The minimum Gasteiger partial charge on any atom is -0.330 e. The lowest BCUT2D eigenvalue weighted by Crippen LogP contribution is -2.48. The van der Waals surface area contributed by atoms with Crippen LogP contribution in [0.25, 0.3) is 0 Å². The molecule has 3 nitrogen and oxygen atoms in total. The lowest BCUT2D eigenvalue weighted by molar-refractivity contribution is 0.331. The van der Waals surface area contributed by atoms with Crippen molar-refractivity contribution in [3.8, 4) is 0 Å². The van der Waals surface area contributed by atoms with Gasteiger partial charge in [-0.1, -0.05) is 0 Å². The Morgan fingerprint density at radius 2 is 2.33 bits per heavy atom. The van der Waals surface area contributed by atoms with Gasteiger partial charge in [0.2, 0.25) is 0 Å². The molecule has 54 valence electrons. The van der Waals surface area contributed by atoms with Gasteiger partial charge in [0.1, 0.15) is 0 Å². The Labute approximate surface area is 55.8 Å². The number of nitrogens with two attached hydrogens (primary N) is 2. The highest BCUT2D eigenvalue weighted by molar-refractivity contribution is 4.80. The third kappa shape index (κ3) is 1.64. The molecule has 1 rings (SSSR count). The maximum Gasteiger partial charge on any atom is 0.0206 e. The molecule has 1 aliphatic rings. The molecule has 0 saturated carbocycles. The van der Waals surface area contributed by atoms with E-state index in [1.807, 2.05) is 0 Å². The highest BCUT2D eigenvalue weighted by Crippen LogP contribution is 2.07. The van der Waals surface area contributed by atoms with E-state index in [0.29, 0.717) is 5.92 Å². The van der Waals surface area contributed by atoms with Crippen LogP contribution in [-0.4, -0.2) is 25.7 Å². The molecule has 0 radical (unpaired) electrons. The van der Waals surface area contributed by atoms with E-state index < -0.39 is 0 Å². The first-order valence-corrected chi connectivity index (χ1v) is 3.51. The van der Waals surface area contributed by atoms with Gasteiger partial charge in [-0.15, -0.1) is 0 Å². The first-order chi connectivity index (χ1) is 4.34. The van der Waals surface area contributed by atoms with Gasteiger partial charge in [-0.2, -0.15) is 0 Å². The van der Waals surface area contributed by atoms with Gasteiger partial charge < -0.3 is 16.8 Å². The first-order valence-electron chi connectivity index (χ1n) is 3.51. The molecule has 0 aromatic rings. The van der Waals surface area contributed by atoms with Crippen molar-refractivity contribution >= 4 is 0 Å². The molecule has 3 heteroatoms. The van der Waals surface area contributed by atoms with E-state index in [2.05, 4.69) is 5.32 Å². The number of hydrogen-bond acceptors (Lipinski definition) is 3. The molecule has 0 aromatic carbocycles. The summed E-state index contributed by atoms with van der Waals surface area (Å²) >= 11 is 0. The molecule has 0 aromatic heterocycles. The molecular formula is C6H15N3. The van der Waals surface area contributed by atoms with Crippen LogP contribution < -0.4 is 16.8 Å². The predicted octanol–water partition coefficient (Wildman–Crippen LogP) is -1.12. The van der Waals surface area contributed by atoms with E-state index >= 15 is 0 Å². The van der Waals surface area contributed by atoms with E-state index in [1.54, 1.807) is 0 Å². The van der Waals surface area contributed by atoms with Crippen molar-refractivity contribution in [3.05, 3.63) is 0 Å². The van der Waals surface area contributed by atoms with Crippen LogP contribution in [0.3, 0.4) is 0 Å². The molecule has 0 spiro atoms. The molecule has 1 fully saturated rings. The quantitative estimate of drug-likeness (QED) is 0.420. The zero-order valence-electron chi connectivity index (χ0n) is 5.64. The van der Waals surface area contributed by atoms with Gasteiger partial charge in [0.25, 0.3) is 0 Å². The Kier molecular flexibility index (Phi) is 2.45. The van der Waals surface area contributed by atoms with E-state index in [4.69, 9.17) is 11.5 Å². The zero-order chi connectivity index (χ0) is 6.69. The number of piperidine rings is 1. The van der Waals surface area contributed by atoms with Crippen LogP contribution in [-0.2, 0) is 0 Å². The topological polar surface area (TPSA) is 64.1 Å². The van der Waals surface area contributed by atoms with Crippen LogP contribution in [0.4, 0.5) is 0 Å². The Balaban J connectivity index is 2.30. The highest BCUT2D eigenvalue weighted by atomic mass is 14.9. The summed E-state index contributed by atoms with van der Waals surface area (Å²) in [4.78, 5) is 0. The number of rotatable bonds is 1. The summed E-state index contributed by atoms with van der Waals surface area (Å²) in [6, 6.07) is 0.281. The first kappa shape index (κ1) is 6.99. The standard InChI is InChI=1S/C6H15N3/c7-3-5-1-2-9-4-6(5)8/h5-6,9H,1-4,7-8H2. The van der Waals surface area contributed by atoms with Crippen molar-refractivity contribution in [2.24, 2.45) is 17.4 Å². The SMILES string of the molecule is NCC1CCNCC1N. The largest absolute Gasteiger partial charge is 0.330 e. The summed E-state index contributed by atoms with van der Waals surface area (Å²) in [6.45, 7) is 2.75. The summed E-state index contributed by atoms with van der Waals surface area (Å²) in [5.74, 6) is 0.547. The fraction of sp³-hybridized carbons (Fsp3) is 1.00. The molecule has 1 aliphatic heterocycles. The Hall–Kier alpha value is -0.120. The Morgan fingerprint density at radius 3 is 2.78 bits per heavy atom. The lowest BCUT2D eigenvalue weighted by Gasteiger charge is -2.27. The molecular weight excluding hydrogens is 114 g/mol. The third-order valence-corrected chi connectivity index (χ3v) is 1.98. The molecule has 0 aliphatic carbocycles. The molecule has 5 N–H and O–H groups in total. The molecule has 1 heterocycles. The van der Waals surface area contributed by atoms with Crippen molar-refractivity contribution in [2.75, 3.05) is 19.6 Å². The van der Waals surface area contributed by atoms with Crippen LogP contribution >= 0.6 is 0 Å². The molecule has 2 atom stereocenters. The minimum atomic E-state index is 0.281. The monoisotopic (exact) mass is 129 g/mol. The number of hydrogen-bond donors (Lipinski definition) is 3. The second kappa shape index (κ2) is 3.15. The summed E-state index contributed by atoms with van der Waals surface area (Å²) in [7, 11) is 0. The molecule has 1 saturated heterocycles. The van der Waals surface area contributed by atoms with Crippen LogP contribution in [0.5, 0.6) is 0 Å². The van der Waals surface area contributed by atoms with Gasteiger partial charge in [0.05, 0.1) is 0 Å². The van der Waals surface area contributed by atoms with E-state index in [1.165, 1.54) is 0 Å². The summed E-state index contributed by atoms with van der Waals surface area (Å²) in [5.41, 5.74) is 11.2. The third-order valence-electron chi connectivity index (χ3n) is 1.98. The fourth-order valence-electron chi connectivity index (χ4n) is 1.23. The minimum absolute atomic E-state index is 0.281. The van der Waals surface area contributed by atoms with Crippen LogP contribution in [0.15, 0.2) is 0 Å². The maximum atomic E-state index is 5.75. The van der Waals surface area contributed by atoms with E-state index in [9.17, 15) is 0 Å². The average molecular weight is 129 g/mol. The second-order valence-electron chi connectivity index (χ2n) is 2.65. The molecule has 2 unspecified atom stereocenters. The van der Waals surface area contributed by atoms with Gasteiger partial charge in [-0.3, -0.25) is 0 Å². The van der Waals surface area contributed by atoms with Crippen molar-refractivity contribution in [3.63, 3.8) is 0 Å². The average Bonchev–Trinajstić information content (AvgIpc) is 1.89. The molecule has 0 amide bonds. The normalized spacial score (nSPS) is 36.7. The van der Waals surface area contributed by atoms with Crippen LogP contribution in [0, 0.1) is 5.92 Å². The van der Waals surface area contributed by atoms with Crippen molar-refractivity contribution in [2.45, 2.75) is 12.5 Å². The summed E-state index contributed by atoms with van der Waals surface area (Å²) in [5, 5.41) is 3.22. The van der Waals surface area contributed by atoms with Crippen LogP contribution in [0.1, 0.15) is 6.42 Å². The van der Waals surface area contributed by atoms with Gasteiger partial charge in [0.15, 0.2) is 0 Å². The van der Waals surface area contributed by atoms with E-state index in [0.717, 1.165) is 26.1 Å². The molecule has 0 bridgehead atoms.